The third-order valence-corrected chi connectivity index (χ3v) is 5.56. The molecule has 27 heavy (non-hydrogen) atoms. The van der Waals surface area contributed by atoms with Gasteiger partial charge in [0, 0.05) is 25.2 Å². The summed E-state index contributed by atoms with van der Waals surface area (Å²) >= 11 is 0. The molecule has 6 heteroatoms. The lowest BCUT2D eigenvalue weighted by atomic mass is 9.99. The predicted octanol–water partition coefficient (Wildman–Crippen LogP) is 2.21. The Balaban J connectivity index is 2.06. The first-order valence-corrected chi connectivity index (χ1v) is 9.64. The Kier molecular flexibility index (Phi) is 5.85. The standard InChI is InChI=1S/C21H29N3O3/c1-5-12-24-20(25)18(16-8-6-7-9-17(16)27-4)19(21(24)26)23(3)15-10-13-22(2)14-11-15/h6-9,15H,5,10-14H2,1-4H3. The van der Waals surface area contributed by atoms with Gasteiger partial charge in [-0.1, -0.05) is 25.1 Å². The lowest BCUT2D eigenvalue weighted by Gasteiger charge is -2.36. The molecule has 0 saturated carbocycles. The fraction of sp³-hybridized carbons (Fsp3) is 0.524. The van der Waals surface area contributed by atoms with Crippen LogP contribution in [0.2, 0.25) is 0 Å². The number of ether oxygens (including phenoxy) is 1. The summed E-state index contributed by atoms with van der Waals surface area (Å²) < 4.78 is 5.48. The van der Waals surface area contributed by atoms with Crippen LogP contribution in [0.3, 0.4) is 0 Å². The molecule has 146 valence electrons. The molecule has 1 saturated heterocycles. The van der Waals surface area contributed by atoms with Crippen molar-refractivity contribution in [3.05, 3.63) is 35.5 Å². The first-order valence-electron chi connectivity index (χ1n) is 9.64. The summed E-state index contributed by atoms with van der Waals surface area (Å²) in [6.45, 7) is 4.39. The molecule has 2 amide bonds. The second-order valence-electron chi connectivity index (χ2n) is 7.33. The van der Waals surface area contributed by atoms with Crippen LogP contribution in [0.1, 0.15) is 31.7 Å². The summed E-state index contributed by atoms with van der Waals surface area (Å²) in [6, 6.07) is 7.68. The quantitative estimate of drug-likeness (QED) is 0.718. The van der Waals surface area contributed by atoms with Gasteiger partial charge in [-0.15, -0.1) is 0 Å². The van der Waals surface area contributed by atoms with E-state index in [9.17, 15) is 9.59 Å². The number of amides is 2. The minimum absolute atomic E-state index is 0.191. The molecular formula is C21H29N3O3. The molecule has 0 aliphatic carbocycles. The summed E-state index contributed by atoms with van der Waals surface area (Å²) in [6.07, 6.45) is 2.69. The number of imide groups is 1. The first-order chi connectivity index (χ1) is 13.0. The van der Waals surface area contributed by atoms with Crippen LogP contribution in [0.15, 0.2) is 30.0 Å². The number of benzene rings is 1. The van der Waals surface area contributed by atoms with Crippen LogP contribution in [0.4, 0.5) is 0 Å². The largest absolute Gasteiger partial charge is 0.496 e. The molecule has 1 aromatic carbocycles. The van der Waals surface area contributed by atoms with Gasteiger partial charge in [-0.3, -0.25) is 14.5 Å². The van der Waals surface area contributed by atoms with Gasteiger partial charge in [-0.25, -0.2) is 0 Å². The fourth-order valence-corrected chi connectivity index (χ4v) is 3.98. The van der Waals surface area contributed by atoms with E-state index in [1.807, 2.05) is 43.1 Å². The van der Waals surface area contributed by atoms with Crippen LogP contribution < -0.4 is 4.74 Å². The Morgan fingerprint density at radius 2 is 1.81 bits per heavy atom. The molecule has 0 unspecified atom stereocenters. The van der Waals surface area contributed by atoms with E-state index < -0.39 is 0 Å². The van der Waals surface area contributed by atoms with E-state index in [1.54, 1.807) is 7.11 Å². The van der Waals surface area contributed by atoms with E-state index in [4.69, 9.17) is 4.74 Å². The molecule has 1 fully saturated rings. The van der Waals surface area contributed by atoms with Crippen molar-refractivity contribution in [3.8, 4) is 5.75 Å². The smallest absolute Gasteiger partial charge is 0.277 e. The number of methoxy groups -OCH3 is 1. The fourth-order valence-electron chi connectivity index (χ4n) is 3.98. The molecule has 0 aromatic heterocycles. The Morgan fingerprint density at radius 1 is 1.15 bits per heavy atom. The van der Waals surface area contributed by atoms with Crippen molar-refractivity contribution in [2.75, 3.05) is 40.8 Å². The van der Waals surface area contributed by atoms with Gasteiger partial charge in [0.2, 0.25) is 0 Å². The van der Waals surface area contributed by atoms with Crippen molar-refractivity contribution >= 4 is 17.4 Å². The van der Waals surface area contributed by atoms with Gasteiger partial charge in [-0.2, -0.15) is 0 Å². The zero-order valence-corrected chi connectivity index (χ0v) is 16.7. The van der Waals surface area contributed by atoms with Gasteiger partial charge in [0.25, 0.3) is 11.8 Å². The average molecular weight is 371 g/mol. The number of rotatable bonds is 6. The summed E-state index contributed by atoms with van der Waals surface area (Å²) in [5.41, 5.74) is 1.66. The minimum atomic E-state index is -0.221. The zero-order valence-electron chi connectivity index (χ0n) is 16.7. The maximum absolute atomic E-state index is 13.2. The Labute approximate surface area is 161 Å². The van der Waals surface area contributed by atoms with E-state index in [-0.39, 0.29) is 17.9 Å². The van der Waals surface area contributed by atoms with Crippen LogP contribution >= 0.6 is 0 Å². The number of nitrogens with zero attached hydrogens (tertiary/aromatic N) is 3. The minimum Gasteiger partial charge on any atom is -0.496 e. The molecule has 2 heterocycles. The third kappa shape index (κ3) is 3.58. The molecule has 3 rings (SSSR count). The molecular weight excluding hydrogens is 342 g/mol. The van der Waals surface area contributed by atoms with Gasteiger partial charge >= 0.3 is 0 Å². The summed E-state index contributed by atoms with van der Waals surface area (Å²) in [7, 11) is 5.65. The summed E-state index contributed by atoms with van der Waals surface area (Å²) in [4.78, 5) is 32.1. The molecule has 1 aromatic rings. The van der Waals surface area contributed by atoms with Crippen molar-refractivity contribution in [2.24, 2.45) is 0 Å². The van der Waals surface area contributed by atoms with Crippen LogP contribution in [0.5, 0.6) is 5.75 Å². The Bertz CT molecular complexity index is 751. The van der Waals surface area contributed by atoms with Crippen molar-refractivity contribution in [3.63, 3.8) is 0 Å². The van der Waals surface area contributed by atoms with E-state index in [1.165, 1.54) is 4.90 Å². The second kappa shape index (κ2) is 8.13. The molecule has 6 nitrogen and oxygen atoms in total. The van der Waals surface area contributed by atoms with E-state index >= 15 is 0 Å². The van der Waals surface area contributed by atoms with Crippen molar-refractivity contribution in [1.29, 1.82) is 0 Å². The molecule has 2 aliphatic heterocycles. The molecule has 0 atom stereocenters. The van der Waals surface area contributed by atoms with Crippen LogP contribution in [-0.4, -0.2) is 73.4 Å². The normalized spacial score (nSPS) is 19.2. The van der Waals surface area contributed by atoms with Crippen molar-refractivity contribution in [1.82, 2.24) is 14.7 Å². The third-order valence-electron chi connectivity index (χ3n) is 5.56. The average Bonchev–Trinajstić information content (AvgIpc) is 2.93. The van der Waals surface area contributed by atoms with Gasteiger partial charge < -0.3 is 14.5 Å². The predicted molar refractivity (Wildman–Crippen MR) is 105 cm³/mol. The van der Waals surface area contributed by atoms with Gasteiger partial charge in [0.15, 0.2) is 0 Å². The van der Waals surface area contributed by atoms with Crippen LogP contribution in [0, 0.1) is 0 Å². The number of likely N-dealkylation sites (N-methyl/N-ethyl adjacent to an activating group) is 1. The molecule has 0 radical (unpaired) electrons. The number of carbonyl (C=O) groups is 2. The molecule has 2 aliphatic rings. The van der Waals surface area contributed by atoms with Crippen LogP contribution in [-0.2, 0) is 9.59 Å². The first kappa shape index (κ1) is 19.4. The highest BCUT2D eigenvalue weighted by molar-refractivity contribution is 6.36. The number of likely N-dealkylation sites (tertiary alicyclic amines) is 1. The highest BCUT2D eigenvalue weighted by Crippen LogP contribution is 2.37. The Hall–Kier alpha value is -2.34. The monoisotopic (exact) mass is 371 g/mol. The number of piperidine rings is 1. The number of carbonyl (C=O) groups excluding carboxylic acids is 2. The Morgan fingerprint density at radius 3 is 2.44 bits per heavy atom. The highest BCUT2D eigenvalue weighted by Gasteiger charge is 2.42. The van der Waals surface area contributed by atoms with Gasteiger partial charge in [0.05, 0.1) is 12.7 Å². The van der Waals surface area contributed by atoms with Gasteiger partial charge in [-0.05, 0) is 45.5 Å². The van der Waals surface area contributed by atoms with Crippen LogP contribution in [0.25, 0.3) is 5.57 Å². The van der Waals surface area contributed by atoms with Gasteiger partial charge in [0.1, 0.15) is 11.4 Å². The van der Waals surface area contributed by atoms with Crippen molar-refractivity contribution in [2.45, 2.75) is 32.2 Å². The lowest BCUT2D eigenvalue weighted by molar-refractivity contribution is -0.137. The maximum Gasteiger partial charge on any atom is 0.277 e. The highest BCUT2D eigenvalue weighted by atomic mass is 16.5. The molecule has 0 spiro atoms. The summed E-state index contributed by atoms with van der Waals surface area (Å²) in [5.74, 6) is 0.201. The van der Waals surface area contributed by atoms with E-state index in [2.05, 4.69) is 11.9 Å². The van der Waals surface area contributed by atoms with E-state index in [0.717, 1.165) is 32.4 Å². The summed E-state index contributed by atoms with van der Waals surface area (Å²) in [5, 5.41) is 0. The maximum atomic E-state index is 13.2. The SMILES string of the molecule is CCCN1C(=O)C(c2ccccc2OC)=C(N(C)C2CCN(C)CC2)C1=O. The number of para-hydroxylation sites is 1. The topological polar surface area (TPSA) is 53.1 Å². The lowest BCUT2D eigenvalue weighted by Crippen LogP contribution is -2.43. The zero-order chi connectivity index (χ0) is 19.6. The second-order valence-corrected chi connectivity index (χ2v) is 7.33. The number of hydrogen-bond donors (Lipinski definition) is 0. The van der Waals surface area contributed by atoms with E-state index in [0.29, 0.717) is 29.1 Å². The number of hydrogen-bond acceptors (Lipinski definition) is 5. The molecule has 0 N–H and O–H groups in total. The van der Waals surface area contributed by atoms with Crippen molar-refractivity contribution < 1.29 is 14.3 Å². The molecule has 0 bridgehead atoms.